The van der Waals surface area contributed by atoms with Crippen molar-refractivity contribution in [1.82, 2.24) is 19.4 Å². The van der Waals surface area contributed by atoms with E-state index in [-0.39, 0.29) is 16.3 Å². The highest BCUT2D eigenvalue weighted by Crippen LogP contribution is 2.28. The molecule has 13 heteroatoms. The summed E-state index contributed by atoms with van der Waals surface area (Å²) in [5.41, 5.74) is 1.43. The van der Waals surface area contributed by atoms with Crippen LogP contribution in [0.15, 0.2) is 61.5 Å². The van der Waals surface area contributed by atoms with Crippen LogP contribution in [-0.4, -0.2) is 46.9 Å². The molecule has 0 atom stereocenters. The molecule has 4 rings (SSSR count). The zero-order chi connectivity index (χ0) is 22.2. The Morgan fingerprint density at radius 2 is 1.87 bits per heavy atom. The van der Waals surface area contributed by atoms with Gasteiger partial charge in [0.15, 0.2) is 5.58 Å². The number of rotatable bonds is 7. The minimum absolute atomic E-state index is 0.0273. The number of non-ortho nitro benzene ring substituents is 1. The first-order valence-corrected chi connectivity index (χ1v) is 11.2. The first-order valence-electron chi connectivity index (χ1n) is 8.77. The van der Waals surface area contributed by atoms with E-state index in [0.717, 1.165) is 4.31 Å². The van der Waals surface area contributed by atoms with Crippen LogP contribution in [0.5, 0.6) is 0 Å². The van der Waals surface area contributed by atoms with Crippen LogP contribution in [0.25, 0.3) is 22.5 Å². The Hall–Kier alpha value is -3.29. The summed E-state index contributed by atoms with van der Waals surface area (Å²) in [6.07, 6.45) is 0. The molecular formula is C18H15N5O6S2. The molecule has 0 aliphatic carbocycles. The SMILES string of the molecule is CN(C)S(=O)(=O)c1ccc2oc(SCc3nc(-c4ccc([N+](=O)[O-])cc4)no3)nc2c1. The summed E-state index contributed by atoms with van der Waals surface area (Å²) in [6.45, 7) is 0. The van der Waals surface area contributed by atoms with Crippen LogP contribution in [0, 0.1) is 10.1 Å². The van der Waals surface area contributed by atoms with Crippen molar-refractivity contribution in [3.05, 3.63) is 58.5 Å². The van der Waals surface area contributed by atoms with Gasteiger partial charge in [-0.2, -0.15) is 4.98 Å². The maximum Gasteiger partial charge on any atom is 0.269 e. The quantitative estimate of drug-likeness (QED) is 0.228. The molecule has 31 heavy (non-hydrogen) atoms. The van der Waals surface area contributed by atoms with Crippen molar-refractivity contribution in [2.75, 3.05) is 14.1 Å². The smallest absolute Gasteiger partial charge is 0.269 e. The average Bonchev–Trinajstić information content (AvgIpc) is 3.38. The van der Waals surface area contributed by atoms with Crippen LogP contribution in [0.2, 0.25) is 0 Å². The molecule has 0 spiro atoms. The van der Waals surface area contributed by atoms with Crippen LogP contribution in [0.1, 0.15) is 5.89 Å². The Labute approximate surface area is 180 Å². The van der Waals surface area contributed by atoms with Gasteiger partial charge in [-0.3, -0.25) is 10.1 Å². The van der Waals surface area contributed by atoms with E-state index in [9.17, 15) is 18.5 Å². The Morgan fingerprint density at radius 3 is 2.55 bits per heavy atom. The molecule has 0 unspecified atom stereocenters. The number of sulfonamides is 1. The molecule has 0 fully saturated rings. The van der Waals surface area contributed by atoms with Crippen LogP contribution in [0.4, 0.5) is 5.69 Å². The largest absolute Gasteiger partial charge is 0.431 e. The molecule has 0 N–H and O–H groups in total. The maximum absolute atomic E-state index is 12.3. The van der Waals surface area contributed by atoms with Gasteiger partial charge in [-0.25, -0.2) is 17.7 Å². The van der Waals surface area contributed by atoms with Gasteiger partial charge in [0, 0.05) is 31.8 Å². The van der Waals surface area contributed by atoms with Gasteiger partial charge in [0.05, 0.1) is 15.6 Å². The van der Waals surface area contributed by atoms with Crippen LogP contribution >= 0.6 is 11.8 Å². The third kappa shape index (κ3) is 4.28. The van der Waals surface area contributed by atoms with Crippen LogP contribution < -0.4 is 0 Å². The lowest BCUT2D eigenvalue weighted by Crippen LogP contribution is -2.22. The monoisotopic (exact) mass is 461 g/mol. The Balaban J connectivity index is 1.47. The first kappa shape index (κ1) is 21.0. The van der Waals surface area contributed by atoms with Crippen molar-refractivity contribution >= 4 is 38.6 Å². The summed E-state index contributed by atoms with van der Waals surface area (Å²) >= 11 is 1.21. The zero-order valence-electron chi connectivity index (χ0n) is 16.3. The third-order valence-corrected chi connectivity index (χ3v) is 6.87. The lowest BCUT2D eigenvalue weighted by atomic mass is 10.2. The summed E-state index contributed by atoms with van der Waals surface area (Å²) in [5, 5.41) is 14.9. The molecule has 0 aliphatic rings. The van der Waals surface area contributed by atoms with Crippen molar-refractivity contribution in [2.24, 2.45) is 0 Å². The first-order chi connectivity index (χ1) is 14.7. The van der Waals surface area contributed by atoms with Gasteiger partial charge in [-0.15, -0.1) is 0 Å². The summed E-state index contributed by atoms with van der Waals surface area (Å²) in [4.78, 5) is 19.0. The second kappa shape index (κ2) is 8.09. The number of hydrogen-bond donors (Lipinski definition) is 0. The van der Waals surface area contributed by atoms with E-state index in [2.05, 4.69) is 15.1 Å². The van der Waals surface area contributed by atoms with Gasteiger partial charge in [0.25, 0.3) is 10.9 Å². The predicted octanol–water partition coefficient (Wildman–Crippen LogP) is 3.33. The Morgan fingerprint density at radius 1 is 1.13 bits per heavy atom. The predicted molar refractivity (Wildman–Crippen MR) is 111 cm³/mol. The summed E-state index contributed by atoms with van der Waals surface area (Å²) in [6, 6.07) is 10.3. The standard InChI is InChI=1S/C18H15N5O6S2/c1-22(2)31(26,27)13-7-8-15-14(9-13)19-18(28-15)30-10-16-20-17(21-29-16)11-3-5-12(6-4-11)23(24)25/h3-9H,10H2,1-2H3. The van der Waals surface area contributed by atoms with Crippen molar-refractivity contribution in [3.8, 4) is 11.4 Å². The molecule has 0 saturated heterocycles. The van der Waals surface area contributed by atoms with Gasteiger partial charge in [-0.1, -0.05) is 16.9 Å². The van der Waals surface area contributed by atoms with Crippen LogP contribution in [0.3, 0.4) is 0 Å². The Kier molecular flexibility index (Phi) is 5.47. The number of nitro benzene ring substituents is 1. The van der Waals surface area contributed by atoms with E-state index in [0.29, 0.717) is 33.6 Å². The molecule has 0 amide bonds. The second-order valence-corrected chi connectivity index (χ2v) is 9.58. The van der Waals surface area contributed by atoms with Gasteiger partial charge in [0.1, 0.15) is 5.52 Å². The third-order valence-electron chi connectivity index (χ3n) is 4.24. The van der Waals surface area contributed by atoms with Crippen LogP contribution in [-0.2, 0) is 15.8 Å². The minimum Gasteiger partial charge on any atom is -0.431 e. The van der Waals surface area contributed by atoms with E-state index in [1.165, 1.54) is 50.1 Å². The van der Waals surface area contributed by atoms with Gasteiger partial charge in [0.2, 0.25) is 21.7 Å². The highest BCUT2D eigenvalue weighted by Gasteiger charge is 2.19. The number of nitro groups is 1. The van der Waals surface area contributed by atoms with Crippen molar-refractivity contribution in [3.63, 3.8) is 0 Å². The average molecular weight is 461 g/mol. The highest BCUT2D eigenvalue weighted by molar-refractivity contribution is 7.98. The second-order valence-electron chi connectivity index (χ2n) is 6.50. The summed E-state index contributed by atoms with van der Waals surface area (Å²) < 4.78 is 36.5. The van der Waals surface area contributed by atoms with E-state index in [1.54, 1.807) is 18.2 Å². The number of aromatic nitrogens is 3. The molecule has 2 heterocycles. The van der Waals surface area contributed by atoms with E-state index < -0.39 is 14.9 Å². The number of benzene rings is 2. The summed E-state index contributed by atoms with van der Waals surface area (Å²) in [7, 11) is -0.657. The number of nitrogens with zero attached hydrogens (tertiary/aromatic N) is 5. The molecule has 0 saturated carbocycles. The number of fused-ring (bicyclic) bond motifs is 1. The fraction of sp³-hybridized carbons (Fsp3) is 0.167. The molecular weight excluding hydrogens is 446 g/mol. The van der Waals surface area contributed by atoms with E-state index in [4.69, 9.17) is 8.94 Å². The van der Waals surface area contributed by atoms with Gasteiger partial charge < -0.3 is 8.94 Å². The fourth-order valence-corrected chi connectivity index (χ4v) is 4.20. The molecule has 0 radical (unpaired) electrons. The highest BCUT2D eigenvalue weighted by atomic mass is 32.2. The van der Waals surface area contributed by atoms with Crippen molar-refractivity contribution in [1.29, 1.82) is 0 Å². The molecule has 4 aromatic rings. The maximum atomic E-state index is 12.3. The lowest BCUT2D eigenvalue weighted by molar-refractivity contribution is -0.384. The normalized spacial score (nSPS) is 12.0. The molecule has 2 aromatic carbocycles. The van der Waals surface area contributed by atoms with E-state index >= 15 is 0 Å². The fourth-order valence-electron chi connectivity index (χ4n) is 2.61. The molecule has 0 aliphatic heterocycles. The molecule has 160 valence electrons. The number of thioether (sulfide) groups is 1. The van der Waals surface area contributed by atoms with E-state index in [1.807, 2.05) is 0 Å². The van der Waals surface area contributed by atoms with Gasteiger partial charge in [-0.05, 0) is 30.3 Å². The van der Waals surface area contributed by atoms with Crippen molar-refractivity contribution < 1.29 is 22.3 Å². The summed E-state index contributed by atoms with van der Waals surface area (Å²) in [5.74, 6) is 0.897. The number of hydrogen-bond acceptors (Lipinski definition) is 10. The zero-order valence-corrected chi connectivity index (χ0v) is 17.9. The number of oxazole rings is 1. The van der Waals surface area contributed by atoms with Crippen molar-refractivity contribution in [2.45, 2.75) is 15.9 Å². The molecule has 11 nitrogen and oxygen atoms in total. The molecule has 0 bridgehead atoms. The minimum atomic E-state index is -3.57. The molecule has 2 aromatic heterocycles. The Bertz CT molecular complexity index is 1360. The topological polar surface area (TPSA) is 145 Å². The lowest BCUT2D eigenvalue weighted by Gasteiger charge is -2.10. The van der Waals surface area contributed by atoms with Gasteiger partial charge >= 0.3 is 0 Å².